The van der Waals surface area contributed by atoms with Crippen LogP contribution in [0.15, 0.2) is 24.3 Å². The summed E-state index contributed by atoms with van der Waals surface area (Å²) in [6.07, 6.45) is -25.8. The van der Waals surface area contributed by atoms with Crippen molar-refractivity contribution in [1.29, 1.82) is 0 Å². The van der Waals surface area contributed by atoms with Gasteiger partial charge in [0.2, 0.25) is 0 Å². The van der Waals surface area contributed by atoms with Gasteiger partial charge >= 0.3 is 24.7 Å². The van der Waals surface area contributed by atoms with Crippen molar-refractivity contribution >= 4 is 22.1 Å². The van der Waals surface area contributed by atoms with Gasteiger partial charge in [0.25, 0.3) is 11.2 Å². The topological polar surface area (TPSA) is 92.5 Å². The Labute approximate surface area is 169 Å². The summed E-state index contributed by atoms with van der Waals surface area (Å²) in [7, 11) is 0. The number of nitrogens with two attached hydrogens (primary N) is 2. The molecule has 0 radical (unpaired) electrons. The van der Waals surface area contributed by atoms with Gasteiger partial charge in [0.1, 0.15) is 0 Å². The highest BCUT2D eigenvalue weighted by molar-refractivity contribution is 5.91. The molecule has 0 saturated heterocycles. The van der Waals surface area contributed by atoms with E-state index in [9.17, 15) is 62.9 Å². The van der Waals surface area contributed by atoms with Gasteiger partial charge in [-0.15, -0.1) is 0 Å². The highest BCUT2D eigenvalue weighted by Crippen LogP contribution is 2.54. The summed E-state index contributed by atoms with van der Waals surface area (Å²) in [6, 6.07) is 0.268. The fraction of sp³-hybridized carbons (Fsp3) is 0.375. The van der Waals surface area contributed by atoms with E-state index in [-0.39, 0.29) is 12.1 Å². The van der Waals surface area contributed by atoms with Crippen molar-refractivity contribution in [1.82, 2.24) is 0 Å². The van der Waals surface area contributed by atoms with E-state index in [1.54, 1.807) is 0 Å². The largest absolute Gasteiger partial charge is 0.430 e. The molecule has 6 N–H and O–H groups in total. The maximum absolute atomic E-state index is 13.1. The van der Waals surface area contributed by atoms with E-state index in [2.05, 4.69) is 0 Å². The molecule has 0 heterocycles. The minimum atomic E-state index is -6.44. The first-order valence-corrected chi connectivity index (χ1v) is 7.85. The third-order valence-corrected chi connectivity index (χ3v) is 4.60. The van der Waals surface area contributed by atoms with Gasteiger partial charge in [-0.3, -0.25) is 0 Å². The molecule has 2 aromatic carbocycles. The highest BCUT2D eigenvalue weighted by Gasteiger charge is 2.73. The summed E-state index contributed by atoms with van der Waals surface area (Å²) in [6.45, 7) is 0. The van der Waals surface area contributed by atoms with E-state index in [0.29, 0.717) is 12.1 Å². The molecule has 16 heteroatoms. The number of anilines is 2. The van der Waals surface area contributed by atoms with E-state index in [1.807, 2.05) is 0 Å². The summed E-state index contributed by atoms with van der Waals surface area (Å²) in [5.74, 6) is 0. The summed E-state index contributed by atoms with van der Waals surface area (Å²) in [4.78, 5) is 0. The lowest BCUT2D eigenvalue weighted by molar-refractivity contribution is -0.376. The summed E-state index contributed by atoms with van der Waals surface area (Å²) in [5.41, 5.74) is -7.81. The van der Waals surface area contributed by atoms with Crippen LogP contribution < -0.4 is 11.5 Å². The molecule has 0 bridgehead atoms. The molecule has 32 heavy (non-hydrogen) atoms. The van der Waals surface area contributed by atoms with E-state index >= 15 is 0 Å². The zero-order valence-electron chi connectivity index (χ0n) is 14.9. The Morgan fingerprint density at radius 1 is 0.469 bits per heavy atom. The molecule has 0 aromatic heterocycles. The van der Waals surface area contributed by atoms with Gasteiger partial charge in [-0.05, 0) is 35.0 Å². The maximum Gasteiger partial charge on any atom is 0.430 e. The SMILES string of the molecule is Nc1cc2cc(N)c(C(O)(C(F)(F)F)C(F)(F)F)cc2cc1C(O)(C(F)(F)F)C(F)(F)F. The first kappa shape index (κ1) is 25.6. The average molecular weight is 490 g/mol. The van der Waals surface area contributed by atoms with Gasteiger partial charge in [-0.2, -0.15) is 52.7 Å². The molecule has 0 aliphatic carbocycles. The zero-order chi connectivity index (χ0) is 25.3. The van der Waals surface area contributed by atoms with Crippen molar-refractivity contribution in [2.24, 2.45) is 0 Å². The number of fused-ring (bicyclic) bond motifs is 1. The Morgan fingerprint density at radius 2 is 0.688 bits per heavy atom. The van der Waals surface area contributed by atoms with Crippen LogP contribution >= 0.6 is 0 Å². The van der Waals surface area contributed by atoms with Crippen molar-refractivity contribution < 1.29 is 62.9 Å². The second-order valence-electron chi connectivity index (χ2n) is 6.64. The molecule has 0 unspecified atom stereocenters. The molecular formula is C16H10F12N2O2. The predicted molar refractivity (Wildman–Crippen MR) is 84.8 cm³/mol. The number of aliphatic hydroxyl groups is 2. The van der Waals surface area contributed by atoms with Gasteiger partial charge in [0, 0.05) is 22.5 Å². The average Bonchev–Trinajstić information content (AvgIpc) is 2.55. The lowest BCUT2D eigenvalue weighted by Gasteiger charge is -2.34. The van der Waals surface area contributed by atoms with Crippen molar-refractivity contribution in [3.63, 3.8) is 0 Å². The Kier molecular flexibility index (Phi) is 5.56. The Morgan fingerprint density at radius 3 is 0.906 bits per heavy atom. The Hall–Kier alpha value is -2.62. The molecule has 0 aliphatic heterocycles. The third-order valence-electron chi connectivity index (χ3n) is 4.60. The number of benzene rings is 2. The number of hydrogen-bond donors (Lipinski definition) is 4. The highest BCUT2D eigenvalue weighted by atomic mass is 19.4. The van der Waals surface area contributed by atoms with Crippen LogP contribution in [0.25, 0.3) is 10.8 Å². The first-order valence-electron chi connectivity index (χ1n) is 7.85. The number of hydrogen-bond acceptors (Lipinski definition) is 4. The summed E-state index contributed by atoms with van der Waals surface area (Å²) >= 11 is 0. The second kappa shape index (κ2) is 6.94. The summed E-state index contributed by atoms with van der Waals surface area (Å²) < 4.78 is 158. The van der Waals surface area contributed by atoms with Crippen LogP contribution in [-0.2, 0) is 11.2 Å². The molecule has 180 valence electrons. The molecule has 0 fully saturated rings. The van der Waals surface area contributed by atoms with Crippen molar-refractivity contribution in [3.8, 4) is 0 Å². The van der Waals surface area contributed by atoms with Gasteiger partial charge in [-0.25, -0.2) is 0 Å². The minimum absolute atomic E-state index is 0.193. The van der Waals surface area contributed by atoms with Gasteiger partial charge in [-0.1, -0.05) is 0 Å². The molecule has 0 atom stereocenters. The maximum atomic E-state index is 13.1. The van der Waals surface area contributed by atoms with Gasteiger partial charge in [0.05, 0.1) is 0 Å². The molecule has 0 spiro atoms. The van der Waals surface area contributed by atoms with Crippen molar-refractivity contribution in [2.45, 2.75) is 35.9 Å². The predicted octanol–water partition coefficient (Wildman–Crippen LogP) is 4.63. The standard InChI is InChI=1S/C16H10F12N2O2/c17-13(18,19)11(31,14(20,21)22)7-1-5-2-8(10(30)4-6(5)3-9(7)29)12(32,15(23,24)25)16(26,27)28/h1-4,31-32H,29-30H2. The van der Waals surface area contributed by atoms with Crippen LogP contribution in [0.2, 0.25) is 0 Å². The molecule has 2 aromatic rings. The first-order chi connectivity index (χ1) is 14.0. The number of alkyl halides is 12. The number of halogens is 12. The van der Waals surface area contributed by atoms with Crippen molar-refractivity contribution in [3.05, 3.63) is 35.4 Å². The molecule has 0 amide bonds. The molecule has 0 aliphatic rings. The monoisotopic (exact) mass is 490 g/mol. The minimum Gasteiger partial charge on any atom is -0.398 e. The van der Waals surface area contributed by atoms with Crippen molar-refractivity contribution in [2.75, 3.05) is 11.5 Å². The quantitative estimate of drug-likeness (QED) is 0.365. The molecular weight excluding hydrogens is 480 g/mol. The van der Waals surface area contributed by atoms with E-state index in [0.717, 1.165) is 0 Å². The van der Waals surface area contributed by atoms with Gasteiger partial charge < -0.3 is 21.7 Å². The van der Waals surface area contributed by atoms with E-state index in [4.69, 9.17) is 11.5 Å². The number of nitrogen functional groups attached to an aromatic ring is 2. The van der Waals surface area contributed by atoms with Crippen LogP contribution in [0, 0.1) is 0 Å². The normalized spacial score (nSPS) is 14.8. The lowest BCUT2D eigenvalue weighted by Crippen LogP contribution is -2.54. The smallest absolute Gasteiger partial charge is 0.398 e. The molecule has 4 nitrogen and oxygen atoms in total. The fourth-order valence-corrected chi connectivity index (χ4v) is 2.94. The lowest BCUT2D eigenvalue weighted by atomic mass is 9.85. The third kappa shape index (κ3) is 3.54. The summed E-state index contributed by atoms with van der Waals surface area (Å²) in [5, 5.41) is 17.3. The van der Waals surface area contributed by atoms with E-state index < -0.39 is 69.2 Å². The molecule has 0 saturated carbocycles. The Bertz CT molecular complexity index is 930. The Balaban J connectivity index is 2.98. The molecule has 2 rings (SSSR count). The van der Waals surface area contributed by atoms with Crippen LogP contribution in [0.3, 0.4) is 0 Å². The zero-order valence-corrected chi connectivity index (χ0v) is 14.9. The van der Waals surface area contributed by atoms with Crippen LogP contribution in [0.4, 0.5) is 64.1 Å². The second-order valence-corrected chi connectivity index (χ2v) is 6.64. The van der Waals surface area contributed by atoms with Crippen LogP contribution in [0.5, 0.6) is 0 Å². The fourth-order valence-electron chi connectivity index (χ4n) is 2.94. The van der Waals surface area contributed by atoms with Crippen LogP contribution in [0.1, 0.15) is 11.1 Å². The van der Waals surface area contributed by atoms with Crippen LogP contribution in [-0.4, -0.2) is 34.9 Å². The van der Waals surface area contributed by atoms with E-state index in [1.165, 1.54) is 0 Å². The van der Waals surface area contributed by atoms with Gasteiger partial charge in [0.15, 0.2) is 0 Å². The number of rotatable bonds is 2.